The molecule has 1 aromatic carbocycles. The van der Waals surface area contributed by atoms with Crippen molar-refractivity contribution in [2.45, 2.75) is 62.6 Å². The molecule has 5 rings (SSSR count). The minimum atomic E-state index is -4.60. The number of carbonyl (C=O) groups is 3. The summed E-state index contributed by atoms with van der Waals surface area (Å²) in [7, 11) is -4.60. The zero-order valence-electron chi connectivity index (χ0n) is 24.1. The van der Waals surface area contributed by atoms with Crippen LogP contribution in [0.2, 0.25) is 0 Å². The number of ketones is 2. The van der Waals surface area contributed by atoms with Crippen molar-refractivity contribution in [2.75, 3.05) is 6.61 Å². The standard InChI is InChI=1S/C21H28O5.C7H6O6S.Na.H/c1-19-7-5-13(23)9-12(19)3-4-14-15-6-8-21(26,17(25)11-22)20(15,2)10-16(24)18(14)19;8-6-4(7(9)10)2-1-3-5(6)14(11,12)13;;/h5,7,9,14-16,18,22,24,26H,3-4,6,8,10-11H2,1-2H3;1-3,8H,(H,9,10)(H,11,12,13);;/q;;+1;-1/t14-,15-,16-,18+,19-,20-,21-;;;/m0.../s1. The SMILES string of the molecule is C[C@]12C=CC(=O)C=C1CC[C@@H]1[C@@H]2[C@@H](O)C[C@@]2(C)[C@H]1CC[C@]2(O)C(=O)CO.O=C(O)c1cccc(S(=O)(=O)O)c1O.[H-].[Na+]. The van der Waals surface area contributed by atoms with Crippen LogP contribution in [0.25, 0.3) is 0 Å². The molecular formula is C28H35NaO11S. The van der Waals surface area contributed by atoms with Crippen LogP contribution in [0.15, 0.2) is 46.9 Å². The number of para-hydroxylation sites is 1. The van der Waals surface area contributed by atoms with Crippen LogP contribution in [0.5, 0.6) is 5.75 Å². The first-order valence-corrected chi connectivity index (χ1v) is 14.5. The molecular weight excluding hydrogens is 567 g/mol. The van der Waals surface area contributed by atoms with Crippen LogP contribution in [-0.2, 0) is 19.7 Å². The van der Waals surface area contributed by atoms with E-state index in [9.17, 15) is 43.2 Å². The molecule has 0 unspecified atom stereocenters. The molecule has 220 valence electrons. The number of rotatable bonds is 4. The Morgan fingerprint density at radius 1 is 1.17 bits per heavy atom. The van der Waals surface area contributed by atoms with Gasteiger partial charge in [-0.15, -0.1) is 0 Å². The van der Waals surface area contributed by atoms with Crippen molar-refractivity contribution in [3.05, 3.63) is 47.6 Å². The smallest absolute Gasteiger partial charge is 1.00 e. The van der Waals surface area contributed by atoms with E-state index < -0.39 is 61.8 Å². The molecule has 41 heavy (non-hydrogen) atoms. The quantitative estimate of drug-likeness (QED) is 0.182. The van der Waals surface area contributed by atoms with Gasteiger partial charge in [0.05, 0.1) is 6.10 Å². The number of phenols is 1. The summed E-state index contributed by atoms with van der Waals surface area (Å²) < 4.78 is 29.9. The number of fused-ring (bicyclic) bond motifs is 5. The van der Waals surface area contributed by atoms with Crippen molar-refractivity contribution in [2.24, 2.45) is 28.6 Å². The van der Waals surface area contributed by atoms with E-state index in [1.165, 1.54) is 0 Å². The van der Waals surface area contributed by atoms with Crippen molar-refractivity contribution in [3.63, 3.8) is 0 Å². The van der Waals surface area contributed by atoms with Crippen LogP contribution in [0.4, 0.5) is 0 Å². The Kier molecular flexibility index (Phi) is 9.55. The molecule has 11 nitrogen and oxygen atoms in total. The molecule has 13 heteroatoms. The summed E-state index contributed by atoms with van der Waals surface area (Å²) in [6.45, 7) is 3.34. The predicted molar refractivity (Wildman–Crippen MR) is 141 cm³/mol. The van der Waals surface area contributed by atoms with Crippen molar-refractivity contribution in [1.29, 1.82) is 0 Å². The third-order valence-electron chi connectivity index (χ3n) is 9.76. The van der Waals surface area contributed by atoms with Crippen molar-refractivity contribution in [1.82, 2.24) is 0 Å². The first-order chi connectivity index (χ1) is 18.5. The Morgan fingerprint density at radius 3 is 2.41 bits per heavy atom. The zero-order chi connectivity index (χ0) is 29.8. The number of Topliss-reactive ketones (excluding diaryl/α,β-unsaturated/α-hetero) is 1. The molecule has 0 heterocycles. The van der Waals surface area contributed by atoms with Crippen LogP contribution >= 0.6 is 0 Å². The van der Waals surface area contributed by atoms with Crippen LogP contribution < -0.4 is 29.6 Å². The number of carboxylic acid groups (broad SMARTS) is 1. The Hall–Kier alpha value is -1.90. The number of aromatic carboxylic acids is 1. The number of allylic oxidation sites excluding steroid dienone is 4. The summed E-state index contributed by atoms with van der Waals surface area (Å²) in [6, 6.07) is 3.02. The molecule has 0 spiro atoms. The Balaban J connectivity index is 0.000000331. The number of aliphatic hydroxyl groups is 3. The van der Waals surface area contributed by atoms with E-state index in [1.807, 2.05) is 13.0 Å². The fraction of sp³-hybridized carbons (Fsp3) is 0.536. The van der Waals surface area contributed by atoms with Gasteiger partial charge in [-0.2, -0.15) is 8.42 Å². The second-order valence-electron chi connectivity index (χ2n) is 11.6. The van der Waals surface area contributed by atoms with Crippen molar-refractivity contribution < 1.29 is 83.9 Å². The molecule has 0 aliphatic heterocycles. The van der Waals surface area contributed by atoms with E-state index in [1.54, 1.807) is 12.2 Å². The van der Waals surface area contributed by atoms with Crippen molar-refractivity contribution in [3.8, 4) is 5.75 Å². The fourth-order valence-corrected chi connectivity index (χ4v) is 8.43. The molecule has 7 atom stereocenters. The van der Waals surface area contributed by atoms with Gasteiger partial charge in [0.15, 0.2) is 17.3 Å². The zero-order valence-corrected chi connectivity index (χ0v) is 26.0. The first-order valence-electron chi connectivity index (χ1n) is 13.0. The van der Waals surface area contributed by atoms with Gasteiger partial charge < -0.3 is 27.0 Å². The minimum absolute atomic E-state index is 0. The molecule has 0 radical (unpaired) electrons. The summed E-state index contributed by atoms with van der Waals surface area (Å²) in [5, 5.41) is 49.4. The number of hydrogen-bond acceptors (Lipinski definition) is 9. The summed E-state index contributed by atoms with van der Waals surface area (Å²) in [4.78, 5) is 33.8. The normalized spacial score (nSPS) is 35.5. The Labute approximate surface area is 261 Å². The summed E-state index contributed by atoms with van der Waals surface area (Å²) in [6.07, 6.45) is 7.68. The molecule has 3 saturated carbocycles. The van der Waals surface area contributed by atoms with Gasteiger partial charge in [0.1, 0.15) is 22.7 Å². The maximum absolute atomic E-state index is 12.4. The van der Waals surface area contributed by atoms with Crippen LogP contribution in [0.1, 0.15) is 57.7 Å². The monoisotopic (exact) mass is 602 g/mol. The Bertz CT molecular complexity index is 1430. The molecule has 6 N–H and O–H groups in total. The van der Waals surface area contributed by atoms with Crippen molar-refractivity contribution >= 4 is 27.7 Å². The van der Waals surface area contributed by atoms with Crippen LogP contribution in [-0.4, -0.2) is 74.4 Å². The molecule has 0 saturated heterocycles. The molecule has 4 aliphatic carbocycles. The van der Waals surface area contributed by atoms with Gasteiger partial charge >= 0.3 is 35.5 Å². The largest absolute Gasteiger partial charge is 1.00 e. The number of benzene rings is 1. The number of aliphatic hydroxyl groups excluding tert-OH is 2. The summed E-state index contributed by atoms with van der Waals surface area (Å²) in [5.41, 5.74) is -2.12. The fourth-order valence-electron chi connectivity index (χ4n) is 7.82. The molecule has 0 bridgehead atoms. The van der Waals surface area contributed by atoms with E-state index in [4.69, 9.17) is 9.66 Å². The second kappa shape index (κ2) is 11.6. The van der Waals surface area contributed by atoms with Gasteiger partial charge in [0.2, 0.25) is 0 Å². The topological polar surface area (TPSA) is 207 Å². The second-order valence-corrected chi connectivity index (χ2v) is 13.0. The summed E-state index contributed by atoms with van der Waals surface area (Å²) in [5.74, 6) is -2.68. The molecule has 3 fully saturated rings. The van der Waals surface area contributed by atoms with E-state index in [-0.39, 0.29) is 59.9 Å². The average molecular weight is 603 g/mol. The number of aromatic hydroxyl groups is 1. The maximum Gasteiger partial charge on any atom is 1.00 e. The number of hydrogen-bond donors (Lipinski definition) is 6. The van der Waals surface area contributed by atoms with Gasteiger partial charge in [0, 0.05) is 16.7 Å². The third-order valence-corrected chi connectivity index (χ3v) is 10.6. The van der Waals surface area contributed by atoms with E-state index >= 15 is 0 Å². The van der Waals surface area contributed by atoms with E-state index in [2.05, 4.69) is 6.92 Å². The van der Waals surface area contributed by atoms with E-state index in [0.717, 1.165) is 43.0 Å². The molecule has 1 aromatic rings. The molecule has 4 aliphatic rings. The summed E-state index contributed by atoms with van der Waals surface area (Å²) >= 11 is 0. The average Bonchev–Trinajstić information content (AvgIpc) is 3.14. The number of carbonyl (C=O) groups excluding carboxylic acids is 2. The van der Waals surface area contributed by atoms with Gasteiger partial charge in [-0.1, -0.05) is 31.6 Å². The van der Waals surface area contributed by atoms with Gasteiger partial charge in [0.25, 0.3) is 10.1 Å². The third kappa shape index (κ3) is 5.49. The van der Waals surface area contributed by atoms with Gasteiger partial charge in [-0.05, 0) is 68.2 Å². The van der Waals surface area contributed by atoms with Gasteiger partial charge in [-0.25, -0.2) is 4.79 Å². The maximum atomic E-state index is 12.4. The molecule has 0 amide bonds. The minimum Gasteiger partial charge on any atom is -1.00 e. The van der Waals surface area contributed by atoms with Gasteiger partial charge in [-0.3, -0.25) is 14.1 Å². The first kappa shape index (κ1) is 33.6. The van der Waals surface area contributed by atoms with Crippen LogP contribution in [0, 0.1) is 28.6 Å². The van der Waals surface area contributed by atoms with E-state index in [0.29, 0.717) is 12.8 Å². The number of carboxylic acids is 1. The van der Waals surface area contributed by atoms with Crippen LogP contribution in [0.3, 0.4) is 0 Å². The molecule has 0 aromatic heterocycles. The predicted octanol–water partition coefficient (Wildman–Crippen LogP) is -0.989. The Morgan fingerprint density at radius 2 is 1.83 bits per heavy atom.